The van der Waals surface area contributed by atoms with Crippen LogP contribution in [-0.4, -0.2) is 40.0 Å². The lowest BCUT2D eigenvalue weighted by Gasteiger charge is -2.22. The average Bonchev–Trinajstić information content (AvgIpc) is 3.17. The molecule has 1 aromatic carbocycles. The van der Waals surface area contributed by atoms with Gasteiger partial charge in [-0.25, -0.2) is 0 Å². The first-order valence-corrected chi connectivity index (χ1v) is 8.81. The van der Waals surface area contributed by atoms with Gasteiger partial charge in [0.15, 0.2) is 0 Å². The van der Waals surface area contributed by atoms with Gasteiger partial charge >= 0.3 is 0 Å². The van der Waals surface area contributed by atoms with Gasteiger partial charge < -0.3 is 15.2 Å². The van der Waals surface area contributed by atoms with Crippen LogP contribution in [0.1, 0.15) is 52.0 Å². The summed E-state index contributed by atoms with van der Waals surface area (Å²) in [5.41, 5.74) is 3.45. The van der Waals surface area contributed by atoms with E-state index in [-0.39, 0.29) is 17.9 Å². The molecule has 2 aromatic rings. The average molecular weight is 341 g/mol. The van der Waals surface area contributed by atoms with Crippen LogP contribution in [0.25, 0.3) is 0 Å². The Morgan fingerprint density at radius 1 is 1.32 bits per heavy atom. The van der Waals surface area contributed by atoms with E-state index in [9.17, 15) is 9.90 Å². The summed E-state index contributed by atoms with van der Waals surface area (Å²) >= 11 is 0. The Hall–Kier alpha value is -2.18. The zero-order chi connectivity index (χ0) is 17.4. The Balaban J connectivity index is 1.52. The predicted octanol–water partition coefficient (Wildman–Crippen LogP) is 1.70. The maximum absolute atomic E-state index is 12.9. The zero-order valence-electron chi connectivity index (χ0n) is 14.3. The molecule has 1 aromatic heterocycles. The van der Waals surface area contributed by atoms with Gasteiger partial charge in [0.1, 0.15) is 0 Å². The number of hydrogen-bond donors (Lipinski definition) is 2. The third kappa shape index (κ3) is 3.07. The Bertz CT molecular complexity index is 780. The predicted molar refractivity (Wildman–Crippen MR) is 92.4 cm³/mol. The van der Waals surface area contributed by atoms with Crippen molar-refractivity contribution in [1.82, 2.24) is 15.1 Å². The van der Waals surface area contributed by atoms with Crippen LogP contribution in [0.2, 0.25) is 0 Å². The van der Waals surface area contributed by atoms with Crippen molar-refractivity contribution in [2.24, 2.45) is 7.05 Å². The second-order valence-electron chi connectivity index (χ2n) is 6.92. The molecule has 2 heterocycles. The molecular formula is C19H23N3O3. The normalized spacial score (nSPS) is 23.4. The van der Waals surface area contributed by atoms with Crippen LogP contribution in [0.5, 0.6) is 0 Å². The molecule has 1 fully saturated rings. The third-order valence-electron chi connectivity index (χ3n) is 5.22. The van der Waals surface area contributed by atoms with Crippen LogP contribution in [0.3, 0.4) is 0 Å². The van der Waals surface area contributed by atoms with Gasteiger partial charge in [-0.15, -0.1) is 0 Å². The van der Waals surface area contributed by atoms with Gasteiger partial charge in [0.05, 0.1) is 23.4 Å². The van der Waals surface area contributed by atoms with Crippen molar-refractivity contribution in [2.75, 3.05) is 13.2 Å². The monoisotopic (exact) mass is 341 g/mol. The number of nitrogens with zero attached hydrogens (tertiary/aromatic N) is 2. The molecule has 2 atom stereocenters. The smallest absolute Gasteiger partial charge is 0.255 e. The fourth-order valence-electron chi connectivity index (χ4n) is 3.90. The minimum atomic E-state index is -0.664. The summed E-state index contributed by atoms with van der Waals surface area (Å²) in [5.74, 6) is 0.0906. The fraction of sp³-hybridized carbons (Fsp3) is 0.474. The number of ether oxygens (including phenoxy) is 1. The molecule has 0 unspecified atom stereocenters. The van der Waals surface area contributed by atoms with Crippen LogP contribution in [0.4, 0.5) is 0 Å². The molecule has 2 aliphatic rings. The highest BCUT2D eigenvalue weighted by Gasteiger charge is 2.33. The second-order valence-corrected chi connectivity index (χ2v) is 6.92. The Kier molecular flexibility index (Phi) is 4.31. The molecule has 1 aliphatic carbocycles. The molecule has 4 rings (SSSR count). The highest BCUT2D eigenvalue weighted by Crippen LogP contribution is 2.32. The van der Waals surface area contributed by atoms with E-state index in [4.69, 9.17) is 4.74 Å². The van der Waals surface area contributed by atoms with E-state index in [1.165, 1.54) is 0 Å². The minimum Gasteiger partial charge on any atom is -0.386 e. The first-order valence-electron chi connectivity index (χ1n) is 8.81. The topological polar surface area (TPSA) is 76.4 Å². The number of aliphatic hydroxyl groups excluding tert-OH is 1. The Labute approximate surface area is 146 Å². The first kappa shape index (κ1) is 16.3. The quantitative estimate of drug-likeness (QED) is 0.891. The lowest BCUT2D eigenvalue weighted by atomic mass is 9.93. The summed E-state index contributed by atoms with van der Waals surface area (Å²) in [6.45, 7) is 1.41. The highest BCUT2D eigenvalue weighted by molar-refractivity contribution is 5.95. The molecule has 1 amide bonds. The van der Waals surface area contributed by atoms with Crippen LogP contribution in [0, 0.1) is 0 Å². The van der Waals surface area contributed by atoms with Gasteiger partial charge in [-0.3, -0.25) is 9.48 Å². The summed E-state index contributed by atoms with van der Waals surface area (Å²) in [7, 11) is 1.83. The number of aliphatic hydroxyl groups is 1. The number of carbonyl (C=O) groups is 1. The number of aryl methyl sites for hydroxylation is 1. The Morgan fingerprint density at radius 3 is 2.84 bits per heavy atom. The highest BCUT2D eigenvalue weighted by atomic mass is 16.5. The molecule has 1 aliphatic heterocycles. The summed E-state index contributed by atoms with van der Waals surface area (Å²) in [4.78, 5) is 12.9. The molecule has 0 radical (unpaired) electrons. The summed E-state index contributed by atoms with van der Waals surface area (Å²) < 4.78 is 7.11. The van der Waals surface area contributed by atoms with Crippen LogP contribution < -0.4 is 5.32 Å². The van der Waals surface area contributed by atoms with Crippen LogP contribution >= 0.6 is 0 Å². The van der Waals surface area contributed by atoms with Gasteiger partial charge in [0.2, 0.25) is 0 Å². The molecule has 0 bridgehead atoms. The van der Waals surface area contributed by atoms with Crippen molar-refractivity contribution >= 4 is 5.91 Å². The van der Waals surface area contributed by atoms with Crippen molar-refractivity contribution in [2.45, 2.75) is 37.3 Å². The number of fused-ring (bicyclic) bond motifs is 1. The maximum atomic E-state index is 12.9. The van der Waals surface area contributed by atoms with E-state index in [0.717, 1.165) is 29.7 Å². The number of benzene rings is 1. The van der Waals surface area contributed by atoms with Gasteiger partial charge in [-0.2, -0.15) is 5.10 Å². The number of hydrogen-bond acceptors (Lipinski definition) is 4. The van der Waals surface area contributed by atoms with Gasteiger partial charge in [-0.1, -0.05) is 24.3 Å². The van der Waals surface area contributed by atoms with Crippen molar-refractivity contribution in [3.05, 3.63) is 52.8 Å². The summed E-state index contributed by atoms with van der Waals surface area (Å²) in [6, 6.07) is 7.50. The second kappa shape index (κ2) is 6.61. The molecule has 132 valence electrons. The SMILES string of the molecule is Cn1cc(C(=O)N[C@@H]2Cc3ccccc3[C@H]2O)c(C2CCOCC2)n1. The lowest BCUT2D eigenvalue weighted by Crippen LogP contribution is -2.38. The molecule has 2 N–H and O–H groups in total. The van der Waals surface area contributed by atoms with Crippen molar-refractivity contribution in [3.8, 4) is 0 Å². The van der Waals surface area contributed by atoms with Crippen LogP contribution in [0.15, 0.2) is 30.5 Å². The largest absolute Gasteiger partial charge is 0.386 e. The number of carbonyl (C=O) groups excluding carboxylic acids is 1. The van der Waals surface area contributed by atoms with E-state index in [0.29, 0.717) is 25.2 Å². The van der Waals surface area contributed by atoms with Crippen LogP contribution in [-0.2, 0) is 18.2 Å². The van der Waals surface area contributed by atoms with Gasteiger partial charge in [0.25, 0.3) is 5.91 Å². The number of rotatable bonds is 3. The zero-order valence-corrected chi connectivity index (χ0v) is 14.3. The van der Waals surface area contributed by atoms with Crippen molar-refractivity contribution < 1.29 is 14.6 Å². The number of nitrogens with one attached hydrogen (secondary N) is 1. The lowest BCUT2D eigenvalue weighted by molar-refractivity contribution is 0.0814. The van der Waals surface area contributed by atoms with E-state index in [2.05, 4.69) is 10.4 Å². The number of amides is 1. The fourth-order valence-corrected chi connectivity index (χ4v) is 3.90. The molecule has 25 heavy (non-hydrogen) atoms. The summed E-state index contributed by atoms with van der Waals surface area (Å²) in [6.07, 6.45) is 3.53. The maximum Gasteiger partial charge on any atom is 0.255 e. The molecule has 0 saturated carbocycles. The third-order valence-corrected chi connectivity index (χ3v) is 5.22. The van der Waals surface area contributed by atoms with Crippen molar-refractivity contribution in [1.29, 1.82) is 0 Å². The number of aromatic nitrogens is 2. The molecule has 1 saturated heterocycles. The van der Waals surface area contributed by atoms with Gasteiger partial charge in [-0.05, 0) is 30.4 Å². The van der Waals surface area contributed by atoms with E-state index >= 15 is 0 Å². The van der Waals surface area contributed by atoms with E-state index < -0.39 is 6.10 Å². The standard InChI is InChI=1S/C19H23N3O3/c1-22-11-15(17(21-22)12-6-8-25-9-7-12)19(24)20-16-10-13-4-2-3-5-14(13)18(16)23/h2-5,11-12,16,18,23H,6-10H2,1H3,(H,20,24)/t16-,18-/m1/s1. The van der Waals surface area contributed by atoms with E-state index in [1.54, 1.807) is 10.9 Å². The Morgan fingerprint density at radius 2 is 2.08 bits per heavy atom. The molecular weight excluding hydrogens is 318 g/mol. The molecule has 0 spiro atoms. The van der Waals surface area contributed by atoms with Gasteiger partial charge in [0, 0.05) is 32.4 Å². The molecule has 6 heteroatoms. The molecule has 6 nitrogen and oxygen atoms in total. The van der Waals surface area contributed by atoms with E-state index in [1.807, 2.05) is 31.3 Å². The van der Waals surface area contributed by atoms with Crippen molar-refractivity contribution in [3.63, 3.8) is 0 Å². The summed E-state index contributed by atoms with van der Waals surface area (Å²) in [5, 5.41) is 18.0. The minimum absolute atomic E-state index is 0.161. The first-order chi connectivity index (χ1) is 12.1.